The van der Waals surface area contributed by atoms with Crippen molar-refractivity contribution < 1.29 is 8.42 Å². The molecule has 1 aliphatic rings. The van der Waals surface area contributed by atoms with Crippen LogP contribution in [0.2, 0.25) is 0 Å². The number of nitrogens with one attached hydrogen (secondary N) is 1. The van der Waals surface area contributed by atoms with Gasteiger partial charge in [-0.25, -0.2) is 19.2 Å². The van der Waals surface area contributed by atoms with Gasteiger partial charge in [-0.3, -0.25) is 0 Å². The minimum atomic E-state index is -2.90. The molecule has 3 N–H and O–H groups in total. The number of sulfone groups is 1. The summed E-state index contributed by atoms with van der Waals surface area (Å²) in [6.07, 6.45) is 0. The smallest absolute Gasteiger partial charge is 0.154 e. The van der Waals surface area contributed by atoms with Crippen LogP contribution in [-0.2, 0) is 9.84 Å². The molecule has 0 bridgehead atoms. The number of pyridine rings is 1. The first-order chi connectivity index (χ1) is 8.02. The molecule has 2 rings (SSSR count). The van der Waals surface area contributed by atoms with E-state index in [1.54, 1.807) is 6.07 Å². The minimum absolute atomic E-state index is 0.0609. The maximum Gasteiger partial charge on any atom is 0.154 e. The van der Waals surface area contributed by atoms with Crippen LogP contribution < -0.4 is 16.2 Å². The molecule has 1 aliphatic heterocycles. The standard InChI is InChI=1S/C10H16N4O2S/c1-8-7-17(15,16)6-5-14(8)10-4-2-3-9(12-10)13-11/h2-4,8H,5-7,11H2,1H3,(H,12,13). The Morgan fingerprint density at radius 2 is 2.29 bits per heavy atom. The summed E-state index contributed by atoms with van der Waals surface area (Å²) in [7, 11) is -2.90. The molecule has 1 fully saturated rings. The first-order valence-corrected chi connectivity index (χ1v) is 7.25. The number of aromatic nitrogens is 1. The molecule has 0 radical (unpaired) electrons. The van der Waals surface area contributed by atoms with Crippen LogP contribution in [0.25, 0.3) is 0 Å². The summed E-state index contributed by atoms with van der Waals surface area (Å²) in [5.41, 5.74) is 2.48. The van der Waals surface area contributed by atoms with Crippen molar-refractivity contribution in [2.75, 3.05) is 28.4 Å². The summed E-state index contributed by atoms with van der Waals surface area (Å²) in [5, 5.41) is 0. The molecule has 1 aromatic heterocycles. The van der Waals surface area contributed by atoms with Crippen molar-refractivity contribution in [1.82, 2.24) is 4.98 Å². The maximum atomic E-state index is 11.5. The zero-order valence-corrected chi connectivity index (χ0v) is 10.4. The molecular weight excluding hydrogens is 240 g/mol. The van der Waals surface area contributed by atoms with Gasteiger partial charge in [-0.2, -0.15) is 0 Å². The SMILES string of the molecule is CC1CS(=O)(=O)CCN1c1cccc(NN)n1. The van der Waals surface area contributed by atoms with Crippen molar-refractivity contribution >= 4 is 21.5 Å². The number of nitrogens with zero attached hydrogens (tertiary/aromatic N) is 2. The summed E-state index contributed by atoms with van der Waals surface area (Å²) in [6.45, 7) is 2.37. The Morgan fingerprint density at radius 1 is 1.53 bits per heavy atom. The van der Waals surface area contributed by atoms with E-state index in [4.69, 9.17) is 5.84 Å². The first kappa shape index (κ1) is 12.1. The lowest BCUT2D eigenvalue weighted by atomic mass is 10.3. The molecule has 0 spiro atoms. The van der Waals surface area contributed by atoms with Crippen LogP contribution >= 0.6 is 0 Å². The molecule has 0 aromatic carbocycles. The topological polar surface area (TPSA) is 88.3 Å². The number of nitrogens with two attached hydrogens (primary N) is 1. The highest BCUT2D eigenvalue weighted by atomic mass is 32.2. The predicted molar refractivity (Wildman–Crippen MR) is 67.5 cm³/mol. The van der Waals surface area contributed by atoms with Crippen LogP contribution in [0.4, 0.5) is 11.6 Å². The number of anilines is 2. The van der Waals surface area contributed by atoms with Gasteiger partial charge in [-0.1, -0.05) is 6.07 Å². The molecule has 7 heteroatoms. The van der Waals surface area contributed by atoms with Gasteiger partial charge in [-0.15, -0.1) is 0 Å². The highest BCUT2D eigenvalue weighted by molar-refractivity contribution is 7.91. The highest BCUT2D eigenvalue weighted by Gasteiger charge is 2.28. The van der Waals surface area contributed by atoms with Crippen LogP contribution in [0.5, 0.6) is 0 Å². The van der Waals surface area contributed by atoms with Gasteiger partial charge in [0, 0.05) is 12.6 Å². The van der Waals surface area contributed by atoms with Crippen LogP contribution in [0.3, 0.4) is 0 Å². The Balaban J connectivity index is 2.23. The Labute approximate surface area is 101 Å². The second kappa shape index (κ2) is 4.50. The van der Waals surface area contributed by atoms with Gasteiger partial charge in [-0.05, 0) is 19.1 Å². The molecule has 1 saturated heterocycles. The van der Waals surface area contributed by atoms with Gasteiger partial charge in [0.05, 0.1) is 11.5 Å². The van der Waals surface area contributed by atoms with Crippen LogP contribution in [0.1, 0.15) is 6.92 Å². The molecule has 2 heterocycles. The van der Waals surface area contributed by atoms with Gasteiger partial charge in [0.15, 0.2) is 9.84 Å². The van der Waals surface area contributed by atoms with E-state index in [9.17, 15) is 8.42 Å². The molecule has 0 amide bonds. The quantitative estimate of drug-likeness (QED) is 0.571. The molecule has 0 aliphatic carbocycles. The fraction of sp³-hybridized carbons (Fsp3) is 0.500. The van der Waals surface area contributed by atoms with Crippen molar-refractivity contribution in [3.63, 3.8) is 0 Å². The summed E-state index contributed by atoms with van der Waals surface area (Å²) in [4.78, 5) is 6.30. The molecule has 1 aromatic rings. The largest absolute Gasteiger partial charge is 0.352 e. The zero-order valence-electron chi connectivity index (χ0n) is 9.63. The molecule has 6 nitrogen and oxygen atoms in total. The third kappa shape index (κ3) is 2.67. The molecule has 1 atom stereocenters. The average Bonchev–Trinajstić information content (AvgIpc) is 2.28. The number of rotatable bonds is 2. The number of nitrogen functional groups attached to an aromatic ring is 1. The highest BCUT2D eigenvalue weighted by Crippen LogP contribution is 2.20. The summed E-state index contributed by atoms with van der Waals surface area (Å²) in [6, 6.07) is 5.39. The fourth-order valence-electron chi connectivity index (χ4n) is 2.00. The molecule has 94 valence electrons. The lowest BCUT2D eigenvalue weighted by molar-refractivity contribution is 0.567. The average molecular weight is 256 g/mol. The lowest BCUT2D eigenvalue weighted by Crippen LogP contribution is -2.47. The van der Waals surface area contributed by atoms with E-state index in [0.29, 0.717) is 12.4 Å². The Bertz CT molecular complexity index is 503. The van der Waals surface area contributed by atoms with E-state index in [2.05, 4.69) is 10.4 Å². The van der Waals surface area contributed by atoms with E-state index < -0.39 is 9.84 Å². The Hall–Kier alpha value is -1.34. The number of hydrazine groups is 1. The third-order valence-electron chi connectivity index (χ3n) is 2.85. The second-order valence-electron chi connectivity index (χ2n) is 4.18. The van der Waals surface area contributed by atoms with Crippen LogP contribution in [0, 0.1) is 0 Å². The zero-order chi connectivity index (χ0) is 12.5. The monoisotopic (exact) mass is 256 g/mol. The Morgan fingerprint density at radius 3 is 2.94 bits per heavy atom. The van der Waals surface area contributed by atoms with Crippen molar-refractivity contribution in [3.05, 3.63) is 18.2 Å². The summed E-state index contributed by atoms with van der Waals surface area (Å²) < 4.78 is 23.0. The maximum absolute atomic E-state index is 11.5. The normalized spacial score (nSPS) is 23.4. The van der Waals surface area contributed by atoms with Gasteiger partial charge in [0.2, 0.25) is 0 Å². The summed E-state index contributed by atoms with van der Waals surface area (Å²) >= 11 is 0. The van der Waals surface area contributed by atoms with Gasteiger partial charge >= 0.3 is 0 Å². The number of hydrogen-bond acceptors (Lipinski definition) is 6. The minimum Gasteiger partial charge on any atom is -0.352 e. The van der Waals surface area contributed by atoms with Crippen LogP contribution in [0.15, 0.2) is 18.2 Å². The lowest BCUT2D eigenvalue weighted by Gasteiger charge is -2.34. The van der Waals surface area contributed by atoms with Crippen molar-refractivity contribution in [3.8, 4) is 0 Å². The predicted octanol–water partition coefficient (Wildman–Crippen LogP) is -0.00950. The van der Waals surface area contributed by atoms with Crippen LogP contribution in [-0.4, -0.2) is 37.5 Å². The first-order valence-electron chi connectivity index (χ1n) is 5.42. The van der Waals surface area contributed by atoms with Crippen molar-refractivity contribution in [1.29, 1.82) is 0 Å². The second-order valence-corrected chi connectivity index (χ2v) is 6.41. The number of hydrogen-bond donors (Lipinski definition) is 2. The molecular formula is C10H16N4O2S. The fourth-order valence-corrected chi connectivity index (χ4v) is 3.56. The molecule has 17 heavy (non-hydrogen) atoms. The van der Waals surface area contributed by atoms with Crippen molar-refractivity contribution in [2.45, 2.75) is 13.0 Å². The van der Waals surface area contributed by atoms with E-state index in [1.165, 1.54) is 0 Å². The molecule has 0 saturated carbocycles. The Kier molecular flexibility index (Phi) is 3.21. The van der Waals surface area contributed by atoms with E-state index in [-0.39, 0.29) is 17.5 Å². The molecule has 1 unspecified atom stereocenters. The van der Waals surface area contributed by atoms with Crippen molar-refractivity contribution in [2.24, 2.45) is 5.84 Å². The van der Waals surface area contributed by atoms with Gasteiger partial charge in [0.25, 0.3) is 0 Å². The van der Waals surface area contributed by atoms with E-state index in [1.807, 2.05) is 24.0 Å². The summed E-state index contributed by atoms with van der Waals surface area (Å²) in [5.74, 6) is 6.98. The van der Waals surface area contributed by atoms with E-state index >= 15 is 0 Å². The third-order valence-corrected chi connectivity index (χ3v) is 4.64. The van der Waals surface area contributed by atoms with Gasteiger partial charge in [0.1, 0.15) is 11.6 Å². The van der Waals surface area contributed by atoms with Gasteiger partial charge < -0.3 is 10.3 Å². The van der Waals surface area contributed by atoms with E-state index in [0.717, 1.165) is 5.82 Å².